The minimum absolute atomic E-state index is 0.115. The zero-order valence-electron chi connectivity index (χ0n) is 11.8. The molecule has 3 unspecified atom stereocenters. The molecule has 18 heavy (non-hydrogen) atoms. The molecule has 102 valence electrons. The van der Waals surface area contributed by atoms with Gasteiger partial charge < -0.3 is 4.74 Å². The number of esters is 1. The summed E-state index contributed by atoms with van der Waals surface area (Å²) in [4.78, 5) is 11.8. The van der Waals surface area contributed by atoms with Gasteiger partial charge in [0.15, 0.2) is 0 Å². The van der Waals surface area contributed by atoms with Crippen LogP contribution >= 0.6 is 0 Å². The van der Waals surface area contributed by atoms with Crippen molar-refractivity contribution in [1.82, 2.24) is 0 Å². The second-order valence-electron chi connectivity index (χ2n) is 5.94. The van der Waals surface area contributed by atoms with Crippen LogP contribution in [0.2, 0.25) is 0 Å². The largest absolute Gasteiger partial charge is 0.462 e. The molecule has 0 radical (unpaired) electrons. The number of hydrogen-bond acceptors (Lipinski definition) is 2. The highest BCUT2D eigenvalue weighted by Crippen LogP contribution is 2.46. The van der Waals surface area contributed by atoms with Crippen molar-refractivity contribution in [2.45, 2.75) is 58.8 Å². The number of carbonyl (C=O) groups is 1. The molecule has 2 nitrogen and oxygen atoms in total. The lowest BCUT2D eigenvalue weighted by Gasteiger charge is -2.28. The first-order valence-electron chi connectivity index (χ1n) is 7.58. The Labute approximate surface area is 111 Å². The zero-order valence-corrected chi connectivity index (χ0v) is 11.8. The van der Waals surface area contributed by atoms with Gasteiger partial charge in [0.1, 0.15) is 0 Å². The first kappa shape index (κ1) is 13.6. The summed E-state index contributed by atoms with van der Waals surface area (Å²) in [7, 11) is 0. The highest BCUT2D eigenvalue weighted by Gasteiger charge is 2.36. The van der Waals surface area contributed by atoms with E-state index in [1.54, 1.807) is 0 Å². The molecule has 3 atom stereocenters. The van der Waals surface area contributed by atoms with Crippen LogP contribution in [-0.2, 0) is 9.53 Å². The van der Waals surface area contributed by atoms with Gasteiger partial charge in [-0.25, -0.2) is 4.79 Å². The van der Waals surface area contributed by atoms with Crippen molar-refractivity contribution in [2.24, 2.45) is 17.8 Å². The van der Waals surface area contributed by atoms with Gasteiger partial charge in [0.25, 0.3) is 0 Å². The summed E-state index contributed by atoms with van der Waals surface area (Å²) in [5.41, 5.74) is 0.819. The van der Waals surface area contributed by atoms with Gasteiger partial charge in [-0.1, -0.05) is 32.3 Å². The van der Waals surface area contributed by atoms with Crippen molar-refractivity contribution in [2.75, 3.05) is 6.61 Å². The van der Waals surface area contributed by atoms with Gasteiger partial charge in [0, 0.05) is 5.57 Å². The Morgan fingerprint density at radius 2 is 2.00 bits per heavy atom. The molecule has 2 heteroatoms. The van der Waals surface area contributed by atoms with E-state index in [0.29, 0.717) is 12.5 Å². The van der Waals surface area contributed by atoms with E-state index in [1.165, 1.54) is 38.5 Å². The number of rotatable bonds is 4. The summed E-state index contributed by atoms with van der Waals surface area (Å²) >= 11 is 0. The molecule has 0 N–H and O–H groups in total. The van der Waals surface area contributed by atoms with Gasteiger partial charge in [-0.15, -0.1) is 0 Å². The van der Waals surface area contributed by atoms with E-state index < -0.39 is 0 Å². The Bertz CT molecular complexity index is 319. The van der Waals surface area contributed by atoms with Gasteiger partial charge in [-0.3, -0.25) is 0 Å². The van der Waals surface area contributed by atoms with Crippen molar-refractivity contribution in [3.63, 3.8) is 0 Å². The van der Waals surface area contributed by atoms with Crippen LogP contribution < -0.4 is 0 Å². The molecule has 0 bridgehead atoms. The van der Waals surface area contributed by atoms with E-state index in [4.69, 9.17) is 4.74 Å². The smallest absolute Gasteiger partial charge is 0.333 e. The molecule has 2 aliphatic carbocycles. The molecule has 0 spiro atoms. The molecule has 2 saturated carbocycles. The number of hydrogen-bond donors (Lipinski definition) is 0. The van der Waals surface area contributed by atoms with Crippen LogP contribution in [0.4, 0.5) is 0 Å². The number of allylic oxidation sites excluding steroid dienone is 1. The van der Waals surface area contributed by atoms with E-state index in [0.717, 1.165) is 23.8 Å². The van der Waals surface area contributed by atoms with Crippen LogP contribution in [0.25, 0.3) is 0 Å². The van der Waals surface area contributed by atoms with Gasteiger partial charge in [0.2, 0.25) is 0 Å². The number of carbonyl (C=O) groups excluding carboxylic acids is 1. The lowest BCUT2D eigenvalue weighted by molar-refractivity contribution is -0.139. The predicted octanol–water partition coefficient (Wildman–Crippen LogP) is 4.10. The maximum atomic E-state index is 11.8. The molecule has 0 aromatic carbocycles. The first-order chi connectivity index (χ1) is 8.72. The van der Waals surface area contributed by atoms with Crippen LogP contribution in [-0.4, -0.2) is 12.6 Å². The van der Waals surface area contributed by atoms with Gasteiger partial charge >= 0.3 is 5.97 Å². The normalized spacial score (nSPS) is 32.1. The molecule has 0 aromatic heterocycles. The Kier molecular flexibility index (Phi) is 4.85. The van der Waals surface area contributed by atoms with E-state index in [9.17, 15) is 4.79 Å². The van der Waals surface area contributed by atoms with Crippen LogP contribution in [0, 0.1) is 17.8 Å². The average molecular weight is 250 g/mol. The molecule has 0 aromatic rings. The molecule has 0 amide bonds. The maximum Gasteiger partial charge on any atom is 0.333 e. The topological polar surface area (TPSA) is 26.3 Å². The third kappa shape index (κ3) is 3.15. The van der Waals surface area contributed by atoms with E-state index in [-0.39, 0.29) is 5.97 Å². The molecule has 2 rings (SSSR count). The first-order valence-corrected chi connectivity index (χ1v) is 7.58. The van der Waals surface area contributed by atoms with Gasteiger partial charge in [-0.2, -0.15) is 0 Å². The van der Waals surface area contributed by atoms with E-state index in [2.05, 4.69) is 6.08 Å². The number of ether oxygens (including phenoxy) is 1. The highest BCUT2D eigenvalue weighted by molar-refractivity contribution is 5.87. The van der Waals surface area contributed by atoms with Crippen LogP contribution in [0.5, 0.6) is 0 Å². The second-order valence-corrected chi connectivity index (χ2v) is 5.94. The van der Waals surface area contributed by atoms with Crippen LogP contribution in [0.1, 0.15) is 58.8 Å². The Hall–Kier alpha value is -0.790. The molecule has 0 saturated heterocycles. The Balaban J connectivity index is 1.93. The fourth-order valence-corrected chi connectivity index (χ4v) is 3.68. The quantitative estimate of drug-likeness (QED) is 0.554. The fraction of sp³-hybridized carbons (Fsp3) is 0.812. The molecular weight excluding hydrogens is 224 g/mol. The lowest BCUT2D eigenvalue weighted by Crippen LogP contribution is -2.19. The monoisotopic (exact) mass is 250 g/mol. The summed E-state index contributed by atoms with van der Waals surface area (Å²) in [5.74, 6) is 2.28. The minimum Gasteiger partial charge on any atom is -0.462 e. The summed E-state index contributed by atoms with van der Waals surface area (Å²) in [6.45, 7) is 4.48. The summed E-state index contributed by atoms with van der Waals surface area (Å²) in [6, 6.07) is 0. The molecule has 0 heterocycles. The Morgan fingerprint density at radius 3 is 2.78 bits per heavy atom. The van der Waals surface area contributed by atoms with Crippen molar-refractivity contribution >= 4 is 5.97 Å². The molecule has 2 aliphatic rings. The fourth-order valence-electron chi connectivity index (χ4n) is 3.68. The highest BCUT2D eigenvalue weighted by atomic mass is 16.5. The molecule has 0 aliphatic heterocycles. The maximum absolute atomic E-state index is 11.8. The van der Waals surface area contributed by atoms with Crippen LogP contribution in [0.3, 0.4) is 0 Å². The zero-order chi connectivity index (χ0) is 13.0. The van der Waals surface area contributed by atoms with Crippen molar-refractivity contribution < 1.29 is 9.53 Å². The SMILES string of the molecule is CCCOC(=O)C(C)=CC1CCC2CCCCC12. The van der Waals surface area contributed by atoms with Crippen LogP contribution in [0.15, 0.2) is 11.6 Å². The minimum atomic E-state index is -0.115. The molecular formula is C16H26O2. The standard InChI is InChI=1S/C16H26O2/c1-3-10-18-16(17)12(2)11-14-9-8-13-6-4-5-7-15(13)14/h11,13-15H,3-10H2,1-2H3. The average Bonchev–Trinajstić information content (AvgIpc) is 2.79. The molecule has 2 fully saturated rings. The van der Waals surface area contributed by atoms with Crippen molar-refractivity contribution in [1.29, 1.82) is 0 Å². The van der Waals surface area contributed by atoms with Gasteiger partial charge in [0.05, 0.1) is 6.61 Å². The van der Waals surface area contributed by atoms with Gasteiger partial charge in [-0.05, 0) is 50.4 Å². The Morgan fingerprint density at radius 1 is 1.22 bits per heavy atom. The van der Waals surface area contributed by atoms with E-state index in [1.807, 2.05) is 13.8 Å². The third-order valence-corrected chi connectivity index (χ3v) is 4.61. The third-order valence-electron chi connectivity index (χ3n) is 4.61. The van der Waals surface area contributed by atoms with Crippen molar-refractivity contribution in [3.8, 4) is 0 Å². The summed E-state index contributed by atoms with van der Waals surface area (Å²) < 4.78 is 5.19. The number of fused-ring (bicyclic) bond motifs is 1. The van der Waals surface area contributed by atoms with E-state index >= 15 is 0 Å². The summed E-state index contributed by atoms with van der Waals surface area (Å²) in [5, 5.41) is 0. The van der Waals surface area contributed by atoms with Crippen molar-refractivity contribution in [3.05, 3.63) is 11.6 Å². The predicted molar refractivity (Wildman–Crippen MR) is 73.2 cm³/mol. The second kappa shape index (κ2) is 6.40. The summed E-state index contributed by atoms with van der Waals surface area (Å²) in [6.07, 6.45) is 11.3. The lowest BCUT2D eigenvalue weighted by atomic mass is 9.78.